The minimum absolute atomic E-state index is 0.0880. The number of aromatic nitrogens is 2. The highest BCUT2D eigenvalue weighted by molar-refractivity contribution is 9.10. The number of amides is 1. The summed E-state index contributed by atoms with van der Waals surface area (Å²) < 4.78 is 6.30. The molecule has 2 aromatic carbocycles. The number of hydrogen-bond donors (Lipinski definition) is 2. The Kier molecular flexibility index (Phi) is 6.99. The summed E-state index contributed by atoms with van der Waals surface area (Å²) in [5, 5.41) is 10.5. The molecule has 1 aliphatic heterocycles. The first-order valence-corrected chi connectivity index (χ1v) is 11.3. The number of ketones is 1. The Morgan fingerprint density at radius 1 is 1.16 bits per heavy atom. The van der Waals surface area contributed by atoms with Crippen LogP contribution >= 0.6 is 15.9 Å². The van der Waals surface area contributed by atoms with Gasteiger partial charge in [-0.2, -0.15) is 5.10 Å². The van der Waals surface area contributed by atoms with Crippen LogP contribution in [-0.4, -0.2) is 53.2 Å². The van der Waals surface area contributed by atoms with Gasteiger partial charge in [-0.05, 0) is 56.6 Å². The van der Waals surface area contributed by atoms with Gasteiger partial charge in [0.2, 0.25) is 0 Å². The summed E-state index contributed by atoms with van der Waals surface area (Å²) in [5.74, 6) is 0.324. The highest BCUT2D eigenvalue weighted by Crippen LogP contribution is 2.23. The Hall–Kier alpha value is -2.71. The van der Waals surface area contributed by atoms with Crippen molar-refractivity contribution in [1.82, 2.24) is 15.1 Å². The maximum Gasteiger partial charge on any atom is 0.411 e. The molecule has 2 heterocycles. The van der Waals surface area contributed by atoms with E-state index in [-0.39, 0.29) is 11.7 Å². The first-order valence-electron chi connectivity index (χ1n) is 10.5. The molecule has 1 aromatic heterocycles. The van der Waals surface area contributed by atoms with Crippen molar-refractivity contribution in [2.24, 2.45) is 5.92 Å². The molecule has 162 valence electrons. The number of fused-ring (bicyclic) bond motifs is 1. The lowest BCUT2D eigenvalue weighted by atomic mass is 9.89. The van der Waals surface area contributed by atoms with Gasteiger partial charge in [0, 0.05) is 27.9 Å². The van der Waals surface area contributed by atoms with Crippen molar-refractivity contribution in [2.45, 2.75) is 19.3 Å². The fourth-order valence-electron chi connectivity index (χ4n) is 3.94. The van der Waals surface area contributed by atoms with Gasteiger partial charge in [-0.3, -0.25) is 15.2 Å². The Bertz CT molecular complexity index is 1040. The molecule has 0 spiro atoms. The summed E-state index contributed by atoms with van der Waals surface area (Å²) in [5.41, 5.74) is 2.32. The first-order chi connectivity index (χ1) is 15.1. The van der Waals surface area contributed by atoms with Crippen LogP contribution in [0.3, 0.4) is 0 Å². The van der Waals surface area contributed by atoms with Gasteiger partial charge in [0.15, 0.2) is 5.78 Å². The molecule has 0 bridgehead atoms. The minimum Gasteiger partial charge on any atom is -0.449 e. The summed E-state index contributed by atoms with van der Waals surface area (Å²) >= 11 is 3.40. The third kappa shape index (κ3) is 5.51. The summed E-state index contributed by atoms with van der Waals surface area (Å²) in [6, 6.07) is 13.2. The van der Waals surface area contributed by atoms with Gasteiger partial charge in [0.1, 0.15) is 0 Å². The molecule has 3 aromatic rings. The van der Waals surface area contributed by atoms with E-state index in [1.54, 1.807) is 6.20 Å². The van der Waals surface area contributed by atoms with Crippen LogP contribution in [0.2, 0.25) is 0 Å². The van der Waals surface area contributed by atoms with Crippen LogP contribution in [-0.2, 0) is 4.74 Å². The molecule has 0 unspecified atom stereocenters. The van der Waals surface area contributed by atoms with E-state index in [2.05, 4.69) is 36.3 Å². The summed E-state index contributed by atoms with van der Waals surface area (Å²) in [6.07, 6.45) is 3.70. The number of carbonyl (C=O) groups is 2. The average Bonchev–Trinajstić information content (AvgIpc) is 3.27. The predicted molar refractivity (Wildman–Crippen MR) is 123 cm³/mol. The SMILES string of the molecule is O=C(Nc1cccc2[nH]ncc12)OCCCN1CCC(C(=O)c2ccc(Br)cc2)CC1. The van der Waals surface area contributed by atoms with Crippen molar-refractivity contribution in [1.29, 1.82) is 0 Å². The van der Waals surface area contributed by atoms with Crippen LogP contribution in [0.4, 0.5) is 10.5 Å². The third-order valence-electron chi connectivity index (χ3n) is 5.66. The molecule has 4 rings (SSSR count). The number of nitrogens with one attached hydrogen (secondary N) is 2. The normalized spacial score (nSPS) is 15.1. The second-order valence-electron chi connectivity index (χ2n) is 7.74. The number of ether oxygens (including phenoxy) is 1. The highest BCUT2D eigenvalue weighted by Gasteiger charge is 2.25. The van der Waals surface area contributed by atoms with Crippen LogP contribution < -0.4 is 5.32 Å². The number of H-pyrrole nitrogens is 1. The zero-order chi connectivity index (χ0) is 21.6. The van der Waals surface area contributed by atoms with Gasteiger partial charge in [-0.15, -0.1) is 0 Å². The molecule has 2 N–H and O–H groups in total. The number of rotatable bonds is 7. The lowest BCUT2D eigenvalue weighted by Gasteiger charge is -2.31. The van der Waals surface area contributed by atoms with Crippen LogP contribution in [0.15, 0.2) is 53.1 Å². The number of anilines is 1. The molecule has 0 saturated carbocycles. The van der Waals surface area contributed by atoms with E-state index in [0.717, 1.165) is 59.8 Å². The van der Waals surface area contributed by atoms with Gasteiger partial charge in [-0.25, -0.2) is 4.79 Å². The van der Waals surface area contributed by atoms with Crippen molar-refractivity contribution in [3.63, 3.8) is 0 Å². The average molecular weight is 485 g/mol. The molecule has 0 radical (unpaired) electrons. The number of benzene rings is 2. The fraction of sp³-hybridized carbons (Fsp3) is 0.348. The van der Waals surface area contributed by atoms with Gasteiger partial charge in [0.25, 0.3) is 0 Å². The van der Waals surface area contributed by atoms with Gasteiger partial charge in [0.05, 0.1) is 24.0 Å². The van der Waals surface area contributed by atoms with Crippen molar-refractivity contribution in [2.75, 3.05) is 31.6 Å². The smallest absolute Gasteiger partial charge is 0.411 e. The maximum atomic E-state index is 12.7. The number of halogens is 1. The second kappa shape index (κ2) is 10.1. The van der Waals surface area contributed by atoms with E-state index < -0.39 is 6.09 Å². The van der Waals surface area contributed by atoms with Crippen molar-refractivity contribution >= 4 is 44.4 Å². The molecule has 1 fully saturated rings. The molecule has 7 nitrogen and oxygen atoms in total. The van der Waals surface area contributed by atoms with Crippen molar-refractivity contribution < 1.29 is 14.3 Å². The number of Topliss-reactive ketones (excluding diaryl/α,β-unsaturated/α-hetero) is 1. The van der Waals surface area contributed by atoms with Crippen LogP contribution in [0.25, 0.3) is 10.9 Å². The molecule has 1 saturated heterocycles. The van der Waals surface area contributed by atoms with E-state index in [0.29, 0.717) is 12.3 Å². The molecule has 1 aliphatic rings. The largest absolute Gasteiger partial charge is 0.449 e. The number of aromatic amines is 1. The van der Waals surface area contributed by atoms with Gasteiger partial charge in [-0.1, -0.05) is 34.1 Å². The number of nitrogens with zero attached hydrogens (tertiary/aromatic N) is 2. The molecule has 31 heavy (non-hydrogen) atoms. The van der Waals surface area contributed by atoms with Crippen LogP contribution in [0.1, 0.15) is 29.6 Å². The zero-order valence-electron chi connectivity index (χ0n) is 17.1. The predicted octanol–water partition coefficient (Wildman–Crippen LogP) is 4.86. The number of carbonyl (C=O) groups excluding carboxylic acids is 2. The number of hydrogen-bond acceptors (Lipinski definition) is 5. The van der Waals surface area contributed by atoms with Gasteiger partial charge < -0.3 is 9.64 Å². The monoisotopic (exact) mass is 484 g/mol. The summed E-state index contributed by atoms with van der Waals surface area (Å²) in [6.45, 7) is 2.98. The third-order valence-corrected chi connectivity index (χ3v) is 6.19. The Morgan fingerprint density at radius 3 is 2.71 bits per heavy atom. The maximum absolute atomic E-state index is 12.7. The van der Waals surface area contributed by atoms with E-state index in [9.17, 15) is 9.59 Å². The zero-order valence-corrected chi connectivity index (χ0v) is 18.7. The Morgan fingerprint density at radius 2 is 1.94 bits per heavy atom. The van der Waals surface area contributed by atoms with Crippen molar-refractivity contribution in [3.8, 4) is 0 Å². The first kappa shape index (κ1) is 21.5. The highest BCUT2D eigenvalue weighted by atomic mass is 79.9. The quantitative estimate of drug-likeness (QED) is 0.369. The molecular formula is C23H25BrN4O3. The number of piperidine rings is 1. The summed E-state index contributed by atoms with van der Waals surface area (Å²) in [7, 11) is 0. The van der Waals surface area contributed by atoms with Crippen LogP contribution in [0, 0.1) is 5.92 Å². The van der Waals surface area contributed by atoms with E-state index in [1.807, 2.05) is 42.5 Å². The molecule has 1 amide bonds. The topological polar surface area (TPSA) is 87.3 Å². The fourth-order valence-corrected chi connectivity index (χ4v) is 4.21. The van der Waals surface area contributed by atoms with Crippen LogP contribution in [0.5, 0.6) is 0 Å². The Balaban J connectivity index is 1.15. The Labute approximate surface area is 189 Å². The minimum atomic E-state index is -0.465. The number of likely N-dealkylation sites (tertiary alicyclic amines) is 1. The van der Waals surface area contributed by atoms with E-state index in [1.165, 1.54) is 0 Å². The van der Waals surface area contributed by atoms with E-state index in [4.69, 9.17) is 4.74 Å². The lowest BCUT2D eigenvalue weighted by Crippen LogP contribution is -2.37. The molecule has 8 heteroatoms. The lowest BCUT2D eigenvalue weighted by molar-refractivity contribution is 0.0830. The van der Waals surface area contributed by atoms with Crippen molar-refractivity contribution in [3.05, 3.63) is 58.7 Å². The molecular weight excluding hydrogens is 460 g/mol. The second-order valence-corrected chi connectivity index (χ2v) is 8.65. The standard InChI is InChI=1S/C23H25BrN4O3/c24-18-7-5-16(6-8-18)22(29)17-9-12-28(13-10-17)11-2-14-31-23(30)26-20-3-1-4-21-19(20)15-25-27-21/h1,3-8,15,17H,2,9-14H2,(H,25,27)(H,26,30). The molecule has 0 atom stereocenters. The molecule has 0 aliphatic carbocycles. The van der Waals surface area contributed by atoms with Gasteiger partial charge >= 0.3 is 6.09 Å². The van der Waals surface area contributed by atoms with E-state index >= 15 is 0 Å². The summed E-state index contributed by atoms with van der Waals surface area (Å²) in [4.78, 5) is 27.1.